The number of nitrogens with zero attached hydrogens (tertiary/aromatic N) is 2. The number of aromatic amines is 1. The van der Waals surface area contributed by atoms with Gasteiger partial charge >= 0.3 is 0 Å². The minimum absolute atomic E-state index is 0.887. The summed E-state index contributed by atoms with van der Waals surface area (Å²) in [6, 6.07) is 21.6. The number of hydrogen-bond acceptors (Lipinski definition) is 0. The number of benzene rings is 2. The maximum absolute atomic E-state index is 3.83. The first-order valence-electron chi connectivity index (χ1n) is 9.59. The Bertz CT molecular complexity index is 805. The third-order valence-corrected chi connectivity index (χ3v) is 4.55. The monoisotopic (exact) mass is 363 g/mol. The molecule has 3 heteroatoms. The highest BCUT2D eigenvalue weighted by Gasteiger charge is 2.26. The SMILES string of the molecule is C[N+](C)(C)Cc1[nH]c(C[N+](C)(C)C)c(-c2ccccc2)c1-c1ccccc1. The molecule has 0 aliphatic rings. The molecular weight excluding hydrogens is 330 g/mol. The van der Waals surface area contributed by atoms with Crippen LogP contribution in [-0.2, 0) is 13.1 Å². The van der Waals surface area contributed by atoms with Crippen molar-refractivity contribution < 1.29 is 8.97 Å². The largest absolute Gasteiger partial charge is 0.352 e. The molecule has 2 aromatic carbocycles. The van der Waals surface area contributed by atoms with Crippen LogP contribution in [0, 0.1) is 0 Å². The molecule has 3 rings (SSSR count). The quantitative estimate of drug-likeness (QED) is 0.608. The summed E-state index contributed by atoms with van der Waals surface area (Å²) in [5, 5.41) is 0. The van der Waals surface area contributed by atoms with Crippen molar-refractivity contribution in [3.8, 4) is 22.3 Å². The van der Waals surface area contributed by atoms with Gasteiger partial charge in [-0.1, -0.05) is 60.7 Å². The Kier molecular flexibility index (Phi) is 5.27. The molecule has 0 amide bonds. The van der Waals surface area contributed by atoms with Gasteiger partial charge < -0.3 is 14.0 Å². The third kappa shape index (κ3) is 4.88. The molecule has 0 radical (unpaired) electrons. The second-order valence-electron chi connectivity index (χ2n) is 9.46. The molecule has 0 spiro atoms. The average molecular weight is 364 g/mol. The lowest BCUT2D eigenvalue weighted by Gasteiger charge is -2.24. The van der Waals surface area contributed by atoms with E-state index in [1.54, 1.807) is 0 Å². The summed E-state index contributed by atoms with van der Waals surface area (Å²) in [6.07, 6.45) is 0. The van der Waals surface area contributed by atoms with Gasteiger partial charge in [0.1, 0.15) is 13.1 Å². The van der Waals surface area contributed by atoms with Gasteiger partial charge in [-0.3, -0.25) is 0 Å². The summed E-state index contributed by atoms with van der Waals surface area (Å²) in [5.41, 5.74) is 7.89. The van der Waals surface area contributed by atoms with E-state index in [0.29, 0.717) is 0 Å². The van der Waals surface area contributed by atoms with E-state index < -0.39 is 0 Å². The van der Waals surface area contributed by atoms with Crippen LogP contribution >= 0.6 is 0 Å². The molecule has 3 nitrogen and oxygen atoms in total. The fraction of sp³-hybridized carbons (Fsp3) is 0.333. The lowest BCUT2D eigenvalue weighted by atomic mass is 9.94. The molecule has 1 heterocycles. The lowest BCUT2D eigenvalue weighted by Crippen LogP contribution is -2.34. The third-order valence-electron chi connectivity index (χ3n) is 4.55. The zero-order valence-electron chi connectivity index (χ0n) is 17.6. The maximum Gasteiger partial charge on any atom is 0.119 e. The van der Waals surface area contributed by atoms with E-state index in [1.165, 1.54) is 33.6 Å². The van der Waals surface area contributed by atoms with Crippen LogP contribution in [0.2, 0.25) is 0 Å². The van der Waals surface area contributed by atoms with Gasteiger partial charge in [0, 0.05) is 11.1 Å². The molecule has 27 heavy (non-hydrogen) atoms. The smallest absolute Gasteiger partial charge is 0.119 e. The Balaban J connectivity index is 2.29. The molecule has 0 saturated carbocycles. The zero-order chi connectivity index (χ0) is 19.7. The van der Waals surface area contributed by atoms with Crippen molar-refractivity contribution in [3.63, 3.8) is 0 Å². The molecule has 142 valence electrons. The molecule has 0 fully saturated rings. The molecular formula is C24H33N3+2. The van der Waals surface area contributed by atoms with Crippen LogP contribution in [0.3, 0.4) is 0 Å². The molecule has 0 aliphatic heterocycles. The van der Waals surface area contributed by atoms with Gasteiger partial charge in [-0.15, -0.1) is 0 Å². The summed E-state index contributed by atoms with van der Waals surface area (Å²) < 4.78 is 1.77. The Morgan fingerprint density at radius 2 is 0.889 bits per heavy atom. The fourth-order valence-electron chi connectivity index (χ4n) is 3.64. The lowest BCUT2D eigenvalue weighted by molar-refractivity contribution is -0.885. The van der Waals surface area contributed by atoms with Gasteiger partial charge in [0.2, 0.25) is 0 Å². The van der Waals surface area contributed by atoms with E-state index in [0.717, 1.165) is 22.1 Å². The first kappa shape index (κ1) is 19.4. The second kappa shape index (κ2) is 7.34. The number of aromatic nitrogens is 1. The predicted octanol–water partition coefficient (Wildman–Crippen LogP) is 4.76. The van der Waals surface area contributed by atoms with Crippen LogP contribution < -0.4 is 0 Å². The molecule has 0 saturated heterocycles. The molecule has 0 unspecified atom stereocenters. The van der Waals surface area contributed by atoms with Gasteiger partial charge in [-0.05, 0) is 11.1 Å². The van der Waals surface area contributed by atoms with E-state index in [2.05, 4.69) is 108 Å². The Hall–Kier alpha value is -2.36. The first-order chi connectivity index (χ1) is 12.6. The predicted molar refractivity (Wildman–Crippen MR) is 115 cm³/mol. The normalized spacial score (nSPS) is 12.4. The van der Waals surface area contributed by atoms with Crippen LogP contribution in [0.4, 0.5) is 0 Å². The number of quaternary nitrogens is 2. The molecule has 0 aliphatic carbocycles. The summed E-state index contributed by atoms with van der Waals surface area (Å²) >= 11 is 0. The van der Waals surface area contributed by atoms with Gasteiger partial charge in [-0.25, -0.2) is 0 Å². The van der Waals surface area contributed by atoms with Crippen molar-refractivity contribution in [2.45, 2.75) is 13.1 Å². The van der Waals surface area contributed by atoms with Gasteiger partial charge in [0.25, 0.3) is 0 Å². The summed E-state index contributed by atoms with van der Waals surface area (Å²) in [4.78, 5) is 3.83. The molecule has 0 atom stereocenters. The van der Waals surface area contributed by atoms with E-state index >= 15 is 0 Å². The topological polar surface area (TPSA) is 15.8 Å². The highest BCUT2D eigenvalue weighted by Crippen LogP contribution is 2.39. The standard InChI is InChI=1S/C24H33N3/c1-26(2,3)17-21-23(19-13-9-7-10-14-19)24(20-15-11-8-12-16-20)22(25-21)18-27(4,5)6/h7-16,25H,17-18H2,1-6H3/q+2. The van der Waals surface area contributed by atoms with Crippen LogP contribution in [0.25, 0.3) is 22.3 Å². The maximum atomic E-state index is 3.83. The number of nitrogens with one attached hydrogen (secondary N) is 1. The summed E-state index contributed by atoms with van der Waals surface area (Å²) in [6.45, 7) is 1.92. The van der Waals surface area contributed by atoms with E-state index in [4.69, 9.17) is 0 Å². The van der Waals surface area contributed by atoms with Crippen LogP contribution in [0.1, 0.15) is 11.4 Å². The Morgan fingerprint density at radius 1 is 0.556 bits per heavy atom. The number of rotatable bonds is 6. The Morgan fingerprint density at radius 3 is 1.19 bits per heavy atom. The minimum Gasteiger partial charge on any atom is -0.352 e. The first-order valence-corrected chi connectivity index (χ1v) is 9.59. The van der Waals surface area contributed by atoms with Crippen LogP contribution in [-0.4, -0.2) is 56.2 Å². The van der Waals surface area contributed by atoms with Crippen molar-refractivity contribution in [1.82, 2.24) is 4.98 Å². The summed E-state index contributed by atoms with van der Waals surface area (Å²) in [7, 11) is 13.5. The van der Waals surface area contributed by atoms with Crippen molar-refractivity contribution in [3.05, 3.63) is 72.1 Å². The number of hydrogen-bond donors (Lipinski definition) is 1. The Labute approximate surface area is 164 Å². The molecule has 3 aromatic rings. The highest BCUT2D eigenvalue weighted by atomic mass is 15.3. The highest BCUT2D eigenvalue weighted by molar-refractivity contribution is 5.87. The minimum atomic E-state index is 0.887. The molecule has 1 aromatic heterocycles. The van der Waals surface area contributed by atoms with Crippen molar-refractivity contribution in [1.29, 1.82) is 0 Å². The number of H-pyrrole nitrogens is 1. The average Bonchev–Trinajstić information content (AvgIpc) is 2.90. The van der Waals surface area contributed by atoms with E-state index in [1.807, 2.05) is 0 Å². The second-order valence-corrected chi connectivity index (χ2v) is 9.46. The fourth-order valence-corrected chi connectivity index (χ4v) is 3.64. The summed E-state index contributed by atoms with van der Waals surface area (Å²) in [5.74, 6) is 0. The van der Waals surface area contributed by atoms with Gasteiger partial charge in [-0.2, -0.15) is 0 Å². The zero-order valence-corrected chi connectivity index (χ0v) is 17.6. The van der Waals surface area contributed by atoms with Crippen LogP contribution in [0.15, 0.2) is 60.7 Å². The van der Waals surface area contributed by atoms with Gasteiger partial charge in [0.15, 0.2) is 0 Å². The van der Waals surface area contributed by atoms with Crippen molar-refractivity contribution in [2.24, 2.45) is 0 Å². The van der Waals surface area contributed by atoms with E-state index in [-0.39, 0.29) is 0 Å². The van der Waals surface area contributed by atoms with Crippen LogP contribution in [0.5, 0.6) is 0 Å². The van der Waals surface area contributed by atoms with E-state index in [9.17, 15) is 0 Å². The molecule has 0 bridgehead atoms. The molecule has 1 N–H and O–H groups in total. The van der Waals surface area contributed by atoms with Crippen molar-refractivity contribution >= 4 is 0 Å². The van der Waals surface area contributed by atoms with Crippen molar-refractivity contribution in [2.75, 3.05) is 42.3 Å². The van der Waals surface area contributed by atoms with Gasteiger partial charge in [0.05, 0.1) is 53.7 Å².